The quantitative estimate of drug-likeness (QED) is 0.291. The minimum atomic E-state index is -0.385. The predicted octanol–water partition coefficient (Wildman–Crippen LogP) is 5.09. The number of anilines is 2. The smallest absolute Gasteiger partial charge is 0.302 e. The van der Waals surface area contributed by atoms with E-state index in [1.54, 1.807) is 25.1 Å². The number of methoxy groups -OCH3 is 2. The van der Waals surface area contributed by atoms with Crippen molar-refractivity contribution in [3.63, 3.8) is 0 Å². The number of nitrogens with zero attached hydrogens (tertiary/aromatic N) is 3. The van der Waals surface area contributed by atoms with Crippen molar-refractivity contribution in [2.75, 3.05) is 25.3 Å². The van der Waals surface area contributed by atoms with Gasteiger partial charge in [-0.15, -0.1) is 11.3 Å². The Morgan fingerprint density at radius 1 is 1.11 bits per heavy atom. The molecule has 0 aliphatic heterocycles. The minimum Gasteiger partial charge on any atom is -0.497 e. The Kier molecular flexibility index (Phi) is 5.72. The third-order valence-corrected chi connectivity index (χ3v) is 7.41. The molecule has 0 radical (unpaired) electrons. The van der Waals surface area contributed by atoms with Crippen LogP contribution in [0.5, 0.6) is 11.5 Å². The summed E-state index contributed by atoms with van der Waals surface area (Å²) in [7, 11) is 3.23. The maximum Gasteiger partial charge on any atom is 0.302 e. The summed E-state index contributed by atoms with van der Waals surface area (Å²) in [4.78, 5) is 19.1. The van der Waals surface area contributed by atoms with E-state index < -0.39 is 0 Å². The van der Waals surface area contributed by atoms with E-state index in [0.29, 0.717) is 38.3 Å². The summed E-state index contributed by atoms with van der Waals surface area (Å²) in [5, 5.41) is 7.44. The first-order chi connectivity index (χ1) is 18.1. The van der Waals surface area contributed by atoms with Crippen LogP contribution >= 0.6 is 11.3 Å². The van der Waals surface area contributed by atoms with E-state index in [1.807, 2.05) is 54.6 Å². The van der Waals surface area contributed by atoms with Crippen LogP contribution in [-0.2, 0) is 0 Å². The molecule has 2 aromatic carbocycles. The van der Waals surface area contributed by atoms with Crippen LogP contribution in [0.1, 0.15) is 28.6 Å². The number of hydrogen-bond acceptors (Lipinski definition) is 8. The van der Waals surface area contributed by atoms with Crippen LogP contribution in [0.15, 0.2) is 65.3 Å². The number of pyridine rings is 1. The zero-order chi connectivity index (χ0) is 25.5. The van der Waals surface area contributed by atoms with Gasteiger partial charge in [0, 0.05) is 34.9 Å². The van der Waals surface area contributed by atoms with E-state index in [-0.39, 0.29) is 11.8 Å². The van der Waals surface area contributed by atoms with Crippen molar-refractivity contribution in [2.24, 2.45) is 0 Å². The van der Waals surface area contributed by atoms with Crippen LogP contribution in [0.25, 0.3) is 32.6 Å². The van der Waals surface area contributed by atoms with E-state index in [9.17, 15) is 4.79 Å². The molecule has 10 heteroatoms. The Hall–Kier alpha value is -4.44. The number of amides is 1. The zero-order valence-electron chi connectivity index (χ0n) is 20.2. The molecule has 0 unspecified atom stereocenters. The molecular formula is C27H24N5O4S+. The molecule has 37 heavy (non-hydrogen) atoms. The monoisotopic (exact) mass is 514 g/mol. The maximum atomic E-state index is 13.3. The first-order valence-corrected chi connectivity index (χ1v) is 12.6. The molecule has 1 aliphatic rings. The predicted molar refractivity (Wildman–Crippen MR) is 141 cm³/mol. The molecule has 1 saturated carbocycles. The fourth-order valence-corrected chi connectivity index (χ4v) is 5.29. The molecule has 0 atom stereocenters. The van der Waals surface area contributed by atoms with Gasteiger partial charge in [0.1, 0.15) is 21.2 Å². The number of carbonyl (C=O) groups is 1. The fraction of sp³-hybridized carbons (Fsp3) is 0.185. The summed E-state index contributed by atoms with van der Waals surface area (Å²) in [5.74, 6) is 1.20. The number of nitrogens with one attached hydrogen (secondary N) is 1. The molecular weight excluding hydrogens is 490 g/mol. The topological polar surface area (TPSA) is 116 Å². The van der Waals surface area contributed by atoms with Gasteiger partial charge in [0.2, 0.25) is 5.27 Å². The molecule has 1 fully saturated rings. The summed E-state index contributed by atoms with van der Waals surface area (Å²) in [5.41, 5.74) is 10.2. The van der Waals surface area contributed by atoms with Crippen LogP contribution in [0.4, 0.5) is 11.6 Å². The lowest BCUT2D eigenvalue weighted by atomic mass is 9.98. The lowest BCUT2D eigenvalue weighted by Gasteiger charge is -2.13. The number of aromatic nitrogens is 3. The molecule has 5 aromatic rings. The maximum absolute atomic E-state index is 13.3. The van der Waals surface area contributed by atoms with Crippen molar-refractivity contribution in [1.82, 2.24) is 10.3 Å². The van der Waals surface area contributed by atoms with E-state index in [0.717, 1.165) is 35.2 Å². The van der Waals surface area contributed by atoms with Gasteiger partial charge in [0.05, 0.1) is 25.6 Å². The fourth-order valence-electron chi connectivity index (χ4n) is 4.28. The van der Waals surface area contributed by atoms with Gasteiger partial charge in [0.15, 0.2) is 6.04 Å². The lowest BCUT2D eigenvalue weighted by Crippen LogP contribution is -2.32. The van der Waals surface area contributed by atoms with Crippen molar-refractivity contribution < 1.29 is 23.5 Å². The Labute approximate surface area is 216 Å². The standard InChI is InChI=1S/C27H23N5O4S/c1-34-17-10-11-21(35-2)18(12-17)19-13-20(15-6-4-3-5-7-15)29-27-23(19)24(28)25(37-27)26(33)30-22-14-32(31-36-22)16-8-9-16/h3-7,10-14,16H,8-9H2,1-2H3,(H2-,28,30,31,33)/p+1. The Morgan fingerprint density at radius 3 is 2.65 bits per heavy atom. The van der Waals surface area contributed by atoms with Gasteiger partial charge < -0.3 is 15.2 Å². The normalized spacial score (nSPS) is 13.0. The van der Waals surface area contributed by atoms with Crippen molar-refractivity contribution in [3.05, 3.63) is 65.7 Å². The van der Waals surface area contributed by atoms with Crippen molar-refractivity contribution in [3.8, 4) is 33.9 Å². The second kappa shape index (κ2) is 9.21. The van der Waals surface area contributed by atoms with Gasteiger partial charge in [-0.2, -0.15) is 0 Å². The van der Waals surface area contributed by atoms with Gasteiger partial charge in [0.25, 0.3) is 12.1 Å². The van der Waals surface area contributed by atoms with Gasteiger partial charge in [-0.1, -0.05) is 30.3 Å². The number of benzene rings is 2. The second-order valence-corrected chi connectivity index (χ2v) is 9.74. The largest absolute Gasteiger partial charge is 0.497 e. The number of fused-ring (bicyclic) bond motifs is 1. The Bertz CT molecular complexity index is 1630. The number of hydrogen-bond donors (Lipinski definition) is 2. The van der Waals surface area contributed by atoms with E-state index in [4.69, 9.17) is 24.7 Å². The average molecular weight is 515 g/mol. The van der Waals surface area contributed by atoms with Gasteiger partial charge >= 0.3 is 5.88 Å². The third kappa shape index (κ3) is 4.25. The molecule has 3 aromatic heterocycles. The molecule has 0 spiro atoms. The number of ether oxygens (including phenoxy) is 2. The van der Waals surface area contributed by atoms with E-state index in [2.05, 4.69) is 10.6 Å². The number of rotatable bonds is 7. The lowest BCUT2D eigenvalue weighted by molar-refractivity contribution is -0.765. The number of nitrogens with two attached hydrogens (primary N) is 1. The summed E-state index contributed by atoms with van der Waals surface area (Å²) in [6.07, 6.45) is 3.80. The Morgan fingerprint density at radius 2 is 1.92 bits per heavy atom. The third-order valence-electron chi connectivity index (χ3n) is 6.31. The molecule has 186 valence electrons. The molecule has 3 heterocycles. The highest BCUT2D eigenvalue weighted by molar-refractivity contribution is 7.21. The van der Waals surface area contributed by atoms with Crippen LogP contribution in [0.2, 0.25) is 0 Å². The van der Waals surface area contributed by atoms with Crippen LogP contribution in [0, 0.1) is 0 Å². The first-order valence-electron chi connectivity index (χ1n) is 11.8. The number of nitrogen functional groups attached to an aromatic ring is 1. The van der Waals surface area contributed by atoms with Crippen molar-refractivity contribution in [1.29, 1.82) is 0 Å². The highest BCUT2D eigenvalue weighted by atomic mass is 32.1. The van der Waals surface area contributed by atoms with Gasteiger partial charge in [-0.05, 0) is 28.9 Å². The van der Waals surface area contributed by atoms with Crippen molar-refractivity contribution in [2.45, 2.75) is 18.9 Å². The van der Waals surface area contributed by atoms with Gasteiger partial charge in [-0.3, -0.25) is 14.6 Å². The highest BCUT2D eigenvalue weighted by Crippen LogP contribution is 2.45. The molecule has 1 aliphatic carbocycles. The van der Waals surface area contributed by atoms with Gasteiger partial charge in [-0.25, -0.2) is 4.98 Å². The van der Waals surface area contributed by atoms with Crippen molar-refractivity contribution >= 4 is 39.0 Å². The summed E-state index contributed by atoms with van der Waals surface area (Å²) in [6.45, 7) is 0. The molecule has 0 bridgehead atoms. The zero-order valence-corrected chi connectivity index (χ0v) is 21.0. The molecule has 6 rings (SSSR count). The Balaban J connectivity index is 1.50. The average Bonchev–Trinajstić information content (AvgIpc) is 3.59. The van der Waals surface area contributed by atoms with Crippen LogP contribution in [-0.4, -0.2) is 30.4 Å². The van der Waals surface area contributed by atoms with E-state index in [1.165, 1.54) is 11.3 Å². The van der Waals surface area contributed by atoms with Crippen LogP contribution < -0.4 is 25.2 Å². The number of thiophene rings is 1. The molecule has 0 saturated heterocycles. The molecule has 1 amide bonds. The summed E-state index contributed by atoms with van der Waals surface area (Å²) in [6, 6.07) is 17.7. The highest BCUT2D eigenvalue weighted by Gasteiger charge is 2.36. The van der Waals surface area contributed by atoms with Crippen LogP contribution in [0.3, 0.4) is 0 Å². The summed E-state index contributed by atoms with van der Waals surface area (Å²) < 4.78 is 18.2. The molecule has 9 nitrogen and oxygen atoms in total. The molecule has 3 N–H and O–H groups in total. The minimum absolute atomic E-state index is 0.265. The second-order valence-electron chi connectivity index (χ2n) is 8.74. The summed E-state index contributed by atoms with van der Waals surface area (Å²) >= 11 is 1.23. The van der Waals surface area contributed by atoms with E-state index >= 15 is 0 Å². The first kappa shape index (κ1) is 23.0. The number of carbonyl (C=O) groups excluding carboxylic acids is 1. The SMILES string of the molecule is COc1ccc(OC)c(-c2cc(-c3ccccc3)nc3sc(C(=O)Nc4c[n+](C5CC5)no4)c(N)c23)c1.